The summed E-state index contributed by atoms with van der Waals surface area (Å²) in [5.74, 6) is -0.114. The minimum Gasteiger partial charge on any atom is -0.383 e. The van der Waals surface area contributed by atoms with Crippen LogP contribution in [0.1, 0.15) is 22.2 Å². The number of carbonyl (C=O) groups is 1. The van der Waals surface area contributed by atoms with Gasteiger partial charge in [-0.2, -0.15) is 0 Å². The molecule has 0 saturated carbocycles. The average molecular weight is 397 g/mol. The summed E-state index contributed by atoms with van der Waals surface area (Å²) in [6.07, 6.45) is 2.04. The lowest BCUT2D eigenvalue weighted by Crippen LogP contribution is -2.36. The third kappa shape index (κ3) is 5.24. The van der Waals surface area contributed by atoms with Crippen LogP contribution >= 0.6 is 11.6 Å². The molecule has 1 amide bonds. The average Bonchev–Trinajstić information content (AvgIpc) is 3.18. The van der Waals surface area contributed by atoms with Gasteiger partial charge in [-0.15, -0.1) is 11.6 Å². The maximum atomic E-state index is 13.1. The molecule has 2 aromatic carbocycles. The van der Waals surface area contributed by atoms with Crippen LogP contribution in [0.15, 0.2) is 79.0 Å². The summed E-state index contributed by atoms with van der Waals surface area (Å²) >= 11 is 6.50. The molecule has 0 bridgehead atoms. The monoisotopic (exact) mass is 396 g/mol. The summed E-state index contributed by atoms with van der Waals surface area (Å²) in [5, 5.41) is -0.712. The highest BCUT2D eigenvalue weighted by molar-refractivity contribution is 6.30. The molecule has 3 aromatic rings. The Morgan fingerprint density at radius 2 is 1.71 bits per heavy atom. The first kappa shape index (κ1) is 20.2. The molecule has 1 atom stereocenters. The fraction of sp³-hybridized carbons (Fsp3) is 0.261. The Labute approximate surface area is 171 Å². The van der Waals surface area contributed by atoms with Gasteiger partial charge in [-0.05, 0) is 23.3 Å². The van der Waals surface area contributed by atoms with Crippen molar-refractivity contribution in [3.05, 3.63) is 95.8 Å². The van der Waals surface area contributed by atoms with Crippen LogP contribution in [-0.2, 0) is 22.6 Å². The van der Waals surface area contributed by atoms with Gasteiger partial charge in [0, 0.05) is 32.1 Å². The number of rotatable bonds is 9. The van der Waals surface area contributed by atoms with Gasteiger partial charge in [-0.25, -0.2) is 0 Å². The number of methoxy groups -OCH3 is 1. The van der Waals surface area contributed by atoms with Crippen molar-refractivity contribution in [1.29, 1.82) is 0 Å². The number of nitrogens with zero attached hydrogens (tertiary/aromatic N) is 2. The van der Waals surface area contributed by atoms with Crippen LogP contribution in [0.25, 0.3) is 0 Å². The molecule has 28 heavy (non-hydrogen) atoms. The van der Waals surface area contributed by atoms with Crippen LogP contribution in [0.5, 0.6) is 0 Å². The summed E-state index contributed by atoms with van der Waals surface area (Å²) < 4.78 is 7.37. The van der Waals surface area contributed by atoms with Gasteiger partial charge in [0.05, 0.1) is 13.2 Å². The zero-order valence-electron chi connectivity index (χ0n) is 16.0. The topological polar surface area (TPSA) is 34.5 Å². The van der Waals surface area contributed by atoms with Gasteiger partial charge in [0.1, 0.15) is 5.38 Å². The zero-order chi connectivity index (χ0) is 19.8. The first-order valence-corrected chi connectivity index (χ1v) is 9.77. The van der Waals surface area contributed by atoms with E-state index in [0.29, 0.717) is 19.7 Å². The molecule has 0 N–H and O–H groups in total. The number of hydrogen-bond donors (Lipinski definition) is 0. The molecule has 4 nitrogen and oxygen atoms in total. The van der Waals surface area contributed by atoms with Crippen LogP contribution in [0, 0.1) is 0 Å². The number of carbonyl (C=O) groups excluding carboxylic acids is 1. The molecule has 0 fully saturated rings. The molecule has 0 aliphatic rings. The highest BCUT2D eigenvalue weighted by Gasteiger charge is 2.24. The van der Waals surface area contributed by atoms with Crippen LogP contribution < -0.4 is 0 Å². The van der Waals surface area contributed by atoms with Gasteiger partial charge in [-0.3, -0.25) is 4.79 Å². The number of benzene rings is 2. The highest BCUT2D eigenvalue weighted by Crippen LogP contribution is 2.24. The molecule has 0 spiro atoms. The maximum Gasteiger partial charge on any atom is 0.245 e. The van der Waals surface area contributed by atoms with Crippen molar-refractivity contribution in [2.45, 2.75) is 18.5 Å². The Balaban J connectivity index is 1.76. The predicted octanol–water partition coefficient (Wildman–Crippen LogP) is 4.49. The molecule has 0 saturated heterocycles. The Morgan fingerprint density at radius 1 is 1.04 bits per heavy atom. The summed E-state index contributed by atoms with van der Waals surface area (Å²) in [5.41, 5.74) is 3.08. The number of hydrogen-bond acceptors (Lipinski definition) is 2. The Hall–Kier alpha value is -2.56. The zero-order valence-corrected chi connectivity index (χ0v) is 16.8. The fourth-order valence-corrected chi connectivity index (χ4v) is 3.40. The van der Waals surface area contributed by atoms with Crippen molar-refractivity contribution in [1.82, 2.24) is 9.47 Å². The summed E-state index contributed by atoms with van der Waals surface area (Å²) in [4.78, 5) is 14.8. The van der Waals surface area contributed by atoms with Gasteiger partial charge < -0.3 is 14.2 Å². The molecule has 1 heterocycles. The molecule has 0 unspecified atom stereocenters. The van der Waals surface area contributed by atoms with E-state index in [4.69, 9.17) is 16.3 Å². The standard InChI is InChI=1S/C23H25ClN2O2/c1-28-16-15-26(23(27)22(24)20-11-6-3-7-12-20)18-21-13-8-14-25(21)17-19-9-4-2-5-10-19/h2-14,22H,15-18H2,1H3/t22-/m1/s1. The first-order chi connectivity index (χ1) is 13.7. The second kappa shape index (κ2) is 10.1. The fourth-order valence-electron chi connectivity index (χ4n) is 3.12. The van der Waals surface area contributed by atoms with E-state index in [1.165, 1.54) is 5.56 Å². The van der Waals surface area contributed by atoms with Crippen molar-refractivity contribution in [3.63, 3.8) is 0 Å². The van der Waals surface area contributed by atoms with Crippen LogP contribution in [-0.4, -0.2) is 35.6 Å². The van der Waals surface area contributed by atoms with E-state index in [-0.39, 0.29) is 5.91 Å². The number of aromatic nitrogens is 1. The van der Waals surface area contributed by atoms with E-state index in [2.05, 4.69) is 16.7 Å². The molecule has 0 aliphatic heterocycles. The number of amides is 1. The lowest BCUT2D eigenvalue weighted by molar-refractivity contribution is -0.132. The highest BCUT2D eigenvalue weighted by atomic mass is 35.5. The maximum absolute atomic E-state index is 13.1. The molecule has 146 valence electrons. The van der Waals surface area contributed by atoms with Crippen molar-refractivity contribution in [3.8, 4) is 0 Å². The summed E-state index contributed by atoms with van der Waals surface area (Å²) in [7, 11) is 1.64. The van der Waals surface area contributed by atoms with Gasteiger partial charge >= 0.3 is 0 Å². The third-order valence-corrected chi connectivity index (χ3v) is 5.10. The van der Waals surface area contributed by atoms with Crippen molar-refractivity contribution in [2.75, 3.05) is 20.3 Å². The third-order valence-electron chi connectivity index (χ3n) is 4.66. The number of alkyl halides is 1. The van der Waals surface area contributed by atoms with Gasteiger partial charge in [-0.1, -0.05) is 60.7 Å². The predicted molar refractivity (Wildman–Crippen MR) is 112 cm³/mol. The van der Waals surface area contributed by atoms with E-state index < -0.39 is 5.38 Å². The van der Waals surface area contributed by atoms with Crippen molar-refractivity contribution >= 4 is 17.5 Å². The largest absolute Gasteiger partial charge is 0.383 e. The molecular weight excluding hydrogens is 372 g/mol. The van der Waals surface area contributed by atoms with E-state index in [9.17, 15) is 4.79 Å². The SMILES string of the molecule is COCCN(Cc1cccn1Cc1ccccc1)C(=O)[C@H](Cl)c1ccccc1. The minimum absolute atomic E-state index is 0.114. The number of halogens is 1. The van der Waals surface area contributed by atoms with Crippen LogP contribution in [0.3, 0.4) is 0 Å². The molecule has 0 radical (unpaired) electrons. The van der Waals surface area contributed by atoms with E-state index >= 15 is 0 Å². The molecule has 1 aromatic heterocycles. The summed E-state index contributed by atoms with van der Waals surface area (Å²) in [6.45, 7) is 2.20. The first-order valence-electron chi connectivity index (χ1n) is 9.33. The Bertz CT molecular complexity index is 865. The lowest BCUT2D eigenvalue weighted by Gasteiger charge is -2.25. The van der Waals surface area contributed by atoms with E-state index in [0.717, 1.165) is 17.8 Å². The van der Waals surface area contributed by atoms with Crippen molar-refractivity contribution < 1.29 is 9.53 Å². The number of ether oxygens (including phenoxy) is 1. The van der Waals surface area contributed by atoms with Crippen LogP contribution in [0.2, 0.25) is 0 Å². The lowest BCUT2D eigenvalue weighted by atomic mass is 10.1. The normalized spacial score (nSPS) is 11.9. The Morgan fingerprint density at radius 3 is 2.39 bits per heavy atom. The van der Waals surface area contributed by atoms with Gasteiger partial charge in [0.2, 0.25) is 5.91 Å². The molecule has 0 aliphatic carbocycles. The quantitative estimate of drug-likeness (QED) is 0.499. The van der Waals surface area contributed by atoms with Gasteiger partial charge in [0.15, 0.2) is 0 Å². The smallest absolute Gasteiger partial charge is 0.245 e. The van der Waals surface area contributed by atoms with E-state index in [1.54, 1.807) is 12.0 Å². The Kier molecular flexibility index (Phi) is 7.29. The molecular formula is C23H25ClN2O2. The van der Waals surface area contributed by atoms with Crippen LogP contribution in [0.4, 0.5) is 0 Å². The van der Waals surface area contributed by atoms with Crippen molar-refractivity contribution in [2.24, 2.45) is 0 Å². The summed E-state index contributed by atoms with van der Waals surface area (Å²) in [6, 6.07) is 23.8. The van der Waals surface area contributed by atoms with Gasteiger partial charge in [0.25, 0.3) is 0 Å². The van der Waals surface area contributed by atoms with E-state index in [1.807, 2.05) is 66.9 Å². The minimum atomic E-state index is -0.712. The second-order valence-corrected chi connectivity index (χ2v) is 7.08. The molecule has 5 heteroatoms. The second-order valence-electron chi connectivity index (χ2n) is 6.64. The molecule has 3 rings (SSSR count).